The van der Waals surface area contributed by atoms with E-state index in [-0.39, 0.29) is 0 Å². The molecule has 0 saturated carbocycles. The van der Waals surface area contributed by atoms with Gasteiger partial charge in [0.25, 0.3) is 0 Å². The van der Waals surface area contributed by atoms with Crippen LogP contribution in [0.3, 0.4) is 0 Å². The summed E-state index contributed by atoms with van der Waals surface area (Å²) in [5.41, 5.74) is 0.955. The highest BCUT2D eigenvalue weighted by Gasteiger charge is 2.19. The molecule has 8 heteroatoms. The van der Waals surface area contributed by atoms with Crippen molar-refractivity contribution in [1.29, 1.82) is 0 Å². The molecule has 0 unspecified atom stereocenters. The molecule has 1 saturated heterocycles. The predicted octanol–water partition coefficient (Wildman–Crippen LogP) is 3.39. The highest BCUT2D eigenvalue weighted by molar-refractivity contribution is 8.01. The highest BCUT2D eigenvalue weighted by atomic mass is 32.2. The number of ether oxygens (including phenoxy) is 1. The van der Waals surface area contributed by atoms with E-state index in [1.807, 2.05) is 29.2 Å². The van der Waals surface area contributed by atoms with E-state index in [2.05, 4.69) is 15.5 Å². The summed E-state index contributed by atoms with van der Waals surface area (Å²) in [5.74, 6) is 2.06. The molecule has 2 heterocycles. The number of nitrogens with zero attached hydrogens (tertiary/aromatic N) is 3. The van der Waals surface area contributed by atoms with Crippen molar-refractivity contribution in [1.82, 2.24) is 15.1 Å². The summed E-state index contributed by atoms with van der Waals surface area (Å²) < 4.78 is 6.08. The van der Waals surface area contributed by atoms with Crippen molar-refractivity contribution in [2.45, 2.75) is 23.6 Å². The quantitative estimate of drug-likeness (QED) is 0.572. The van der Waals surface area contributed by atoms with E-state index in [4.69, 9.17) is 4.74 Å². The number of aromatic nitrogens is 2. The zero-order valence-corrected chi connectivity index (χ0v) is 15.2. The normalized spacial score (nSPS) is 14.2. The number of thioether (sulfide) groups is 1. The van der Waals surface area contributed by atoms with Gasteiger partial charge in [0.05, 0.1) is 7.11 Å². The average molecular weight is 364 g/mol. The van der Waals surface area contributed by atoms with Crippen LogP contribution < -0.4 is 10.1 Å². The van der Waals surface area contributed by atoms with Crippen molar-refractivity contribution >= 4 is 39.8 Å². The number of carbonyl (C=O) groups is 1. The number of hydrogen-bond acceptors (Lipinski definition) is 7. The summed E-state index contributed by atoms with van der Waals surface area (Å²) in [5, 5.41) is 12.4. The van der Waals surface area contributed by atoms with Gasteiger partial charge in [-0.05, 0) is 37.1 Å². The number of likely N-dealkylation sites (tertiary alicyclic amines) is 1. The summed E-state index contributed by atoms with van der Waals surface area (Å²) in [6.07, 6.45) is 2.70. The van der Waals surface area contributed by atoms with Crippen molar-refractivity contribution in [3.8, 4) is 5.75 Å². The molecule has 128 valence electrons. The lowest BCUT2D eigenvalue weighted by molar-refractivity contribution is -0.127. The number of hydrogen-bond donors (Lipinski definition) is 1. The van der Waals surface area contributed by atoms with Crippen LogP contribution in [0.15, 0.2) is 28.6 Å². The number of anilines is 2. The second kappa shape index (κ2) is 8.34. The minimum atomic E-state index is 0.293. The molecule has 24 heavy (non-hydrogen) atoms. The van der Waals surface area contributed by atoms with Crippen molar-refractivity contribution in [2.24, 2.45) is 0 Å². The van der Waals surface area contributed by atoms with Gasteiger partial charge in [-0.2, -0.15) is 0 Å². The molecule has 1 N–H and O–H groups in total. The van der Waals surface area contributed by atoms with Gasteiger partial charge >= 0.3 is 0 Å². The molecule has 3 rings (SSSR count). The van der Waals surface area contributed by atoms with Gasteiger partial charge in [0, 0.05) is 31.0 Å². The molecular weight excluding hydrogens is 344 g/mol. The smallest absolute Gasteiger partial charge is 0.222 e. The molecule has 1 fully saturated rings. The van der Waals surface area contributed by atoms with Crippen LogP contribution >= 0.6 is 23.1 Å². The first-order chi connectivity index (χ1) is 11.7. The Hall–Kier alpha value is -1.80. The van der Waals surface area contributed by atoms with Gasteiger partial charge in [-0.25, -0.2) is 0 Å². The molecule has 1 aromatic heterocycles. The number of nitrogens with one attached hydrogen (secondary N) is 1. The van der Waals surface area contributed by atoms with Gasteiger partial charge in [-0.1, -0.05) is 23.1 Å². The zero-order chi connectivity index (χ0) is 16.8. The van der Waals surface area contributed by atoms with Gasteiger partial charge in [0.1, 0.15) is 5.75 Å². The minimum absolute atomic E-state index is 0.293. The molecular formula is C16H20N4O2S2. The Kier molecular flexibility index (Phi) is 5.92. The molecule has 1 amide bonds. The van der Waals surface area contributed by atoms with Crippen LogP contribution in [0.25, 0.3) is 0 Å². The van der Waals surface area contributed by atoms with Crippen molar-refractivity contribution < 1.29 is 9.53 Å². The monoisotopic (exact) mass is 364 g/mol. The number of carbonyl (C=O) groups excluding carboxylic acids is 1. The van der Waals surface area contributed by atoms with Gasteiger partial charge in [0.2, 0.25) is 11.0 Å². The second-order valence-electron chi connectivity index (χ2n) is 5.41. The Balaban J connectivity index is 1.42. The largest absolute Gasteiger partial charge is 0.497 e. The molecule has 1 aromatic carbocycles. The lowest BCUT2D eigenvalue weighted by atomic mass is 10.3. The van der Waals surface area contributed by atoms with Crippen LogP contribution in [-0.2, 0) is 4.79 Å². The summed E-state index contributed by atoms with van der Waals surface area (Å²) in [6, 6.07) is 7.69. The summed E-state index contributed by atoms with van der Waals surface area (Å²) >= 11 is 3.23. The van der Waals surface area contributed by atoms with Crippen LogP contribution in [0.5, 0.6) is 5.75 Å². The van der Waals surface area contributed by atoms with E-state index in [0.717, 1.165) is 52.6 Å². The lowest BCUT2D eigenvalue weighted by Gasteiger charge is -2.14. The zero-order valence-electron chi connectivity index (χ0n) is 13.5. The van der Waals surface area contributed by atoms with Gasteiger partial charge in [-0.15, -0.1) is 10.2 Å². The SMILES string of the molecule is COc1ccc(Nc2nnc(SCCCN3CCCC3=O)s2)cc1. The van der Waals surface area contributed by atoms with E-state index in [1.54, 1.807) is 18.9 Å². The van der Waals surface area contributed by atoms with Gasteiger partial charge in [0.15, 0.2) is 4.34 Å². The molecule has 0 bridgehead atoms. The van der Waals surface area contributed by atoms with Crippen LogP contribution in [0.4, 0.5) is 10.8 Å². The number of amides is 1. The summed E-state index contributed by atoms with van der Waals surface area (Å²) in [7, 11) is 1.65. The predicted molar refractivity (Wildman–Crippen MR) is 97.3 cm³/mol. The molecule has 1 aliphatic heterocycles. The first kappa shape index (κ1) is 17.0. The first-order valence-corrected chi connectivity index (χ1v) is 9.70. The molecule has 0 aliphatic carbocycles. The van der Waals surface area contributed by atoms with E-state index in [0.29, 0.717) is 12.3 Å². The molecule has 2 aromatic rings. The van der Waals surface area contributed by atoms with E-state index in [1.165, 1.54) is 11.3 Å². The van der Waals surface area contributed by atoms with E-state index in [9.17, 15) is 4.79 Å². The highest BCUT2D eigenvalue weighted by Crippen LogP contribution is 2.28. The number of methoxy groups -OCH3 is 1. The molecule has 0 radical (unpaired) electrons. The molecule has 0 atom stereocenters. The van der Waals surface area contributed by atoms with Crippen LogP contribution in [0.1, 0.15) is 19.3 Å². The second-order valence-corrected chi connectivity index (χ2v) is 7.73. The Morgan fingerprint density at radius 1 is 1.33 bits per heavy atom. The van der Waals surface area contributed by atoms with Crippen LogP contribution in [0.2, 0.25) is 0 Å². The number of benzene rings is 1. The third-order valence-electron chi connectivity index (χ3n) is 3.72. The minimum Gasteiger partial charge on any atom is -0.497 e. The third kappa shape index (κ3) is 4.61. The maximum atomic E-state index is 11.5. The van der Waals surface area contributed by atoms with E-state index < -0.39 is 0 Å². The van der Waals surface area contributed by atoms with E-state index >= 15 is 0 Å². The average Bonchev–Trinajstić information content (AvgIpc) is 3.21. The maximum absolute atomic E-state index is 11.5. The Morgan fingerprint density at radius 3 is 2.88 bits per heavy atom. The Morgan fingerprint density at radius 2 is 2.17 bits per heavy atom. The lowest BCUT2D eigenvalue weighted by Crippen LogP contribution is -2.25. The standard InChI is InChI=1S/C16H20N4O2S2/c1-22-13-7-5-12(6-8-13)17-15-18-19-16(24-15)23-11-3-10-20-9-2-4-14(20)21/h5-8H,2-4,9-11H2,1H3,(H,17,18). The molecule has 0 spiro atoms. The maximum Gasteiger partial charge on any atom is 0.222 e. The van der Waals surface area contributed by atoms with Crippen molar-refractivity contribution in [3.63, 3.8) is 0 Å². The summed E-state index contributed by atoms with van der Waals surface area (Å²) in [4.78, 5) is 13.5. The Bertz CT molecular complexity index is 675. The molecule has 6 nitrogen and oxygen atoms in total. The fourth-order valence-corrected chi connectivity index (χ4v) is 4.24. The fourth-order valence-electron chi connectivity index (χ4n) is 2.47. The summed E-state index contributed by atoms with van der Waals surface area (Å²) in [6.45, 7) is 1.76. The number of rotatable bonds is 8. The third-order valence-corrected chi connectivity index (χ3v) is 5.78. The Labute approximate surface area is 149 Å². The first-order valence-electron chi connectivity index (χ1n) is 7.90. The van der Waals surface area contributed by atoms with Crippen molar-refractivity contribution in [3.05, 3.63) is 24.3 Å². The fraction of sp³-hybridized carbons (Fsp3) is 0.438. The topological polar surface area (TPSA) is 67.3 Å². The van der Waals surface area contributed by atoms with Gasteiger partial charge < -0.3 is 15.0 Å². The van der Waals surface area contributed by atoms with Crippen LogP contribution in [-0.4, -0.2) is 47.0 Å². The van der Waals surface area contributed by atoms with Crippen LogP contribution in [0, 0.1) is 0 Å². The molecule has 1 aliphatic rings. The van der Waals surface area contributed by atoms with Crippen molar-refractivity contribution in [2.75, 3.05) is 31.3 Å². The van der Waals surface area contributed by atoms with Gasteiger partial charge in [-0.3, -0.25) is 4.79 Å².